The maximum Gasteiger partial charge on any atom is 0.200 e. The van der Waals surface area contributed by atoms with E-state index in [0.717, 1.165) is 16.6 Å². The Hall–Kier alpha value is -2.36. The van der Waals surface area contributed by atoms with Crippen LogP contribution in [0, 0.1) is 0 Å². The fraction of sp³-hybridized carbons (Fsp3) is 0. The first kappa shape index (κ1) is 8.91. The average molecular weight is 210 g/mol. The molecule has 4 nitrogen and oxygen atoms in total. The molecule has 0 radical (unpaired) electrons. The molecular weight excluding hydrogens is 200 g/mol. The van der Waals surface area contributed by atoms with Crippen molar-refractivity contribution in [3.63, 3.8) is 0 Å². The first-order chi connectivity index (χ1) is 7.83. The van der Waals surface area contributed by atoms with Gasteiger partial charge in [-0.2, -0.15) is 4.98 Å². The second-order valence-electron chi connectivity index (χ2n) is 3.58. The minimum absolute atomic E-state index is 0.396. The molecule has 0 bridgehead atoms. The third-order valence-corrected chi connectivity index (χ3v) is 2.46. The standard InChI is InChI=1S/C12H10N4/c13-12-15-10-6-9(7-14-11(10)16-12)8-4-2-1-3-5-8/h1-7H,(H3,13,14,15,16). The predicted octanol–water partition coefficient (Wildman–Crippen LogP) is 2.21. The van der Waals surface area contributed by atoms with Crippen LogP contribution >= 0.6 is 0 Å². The van der Waals surface area contributed by atoms with E-state index < -0.39 is 0 Å². The number of pyridine rings is 1. The summed E-state index contributed by atoms with van der Waals surface area (Å²) in [5.74, 6) is 0.396. The highest BCUT2D eigenvalue weighted by atomic mass is 15.1. The average Bonchev–Trinajstić information content (AvgIpc) is 2.69. The summed E-state index contributed by atoms with van der Waals surface area (Å²) in [5, 5.41) is 0. The molecule has 0 aliphatic carbocycles. The Bertz CT molecular complexity index is 628. The lowest BCUT2D eigenvalue weighted by Gasteiger charge is -1.99. The molecule has 3 aromatic rings. The van der Waals surface area contributed by atoms with Crippen molar-refractivity contribution < 1.29 is 0 Å². The van der Waals surface area contributed by atoms with E-state index in [9.17, 15) is 0 Å². The van der Waals surface area contributed by atoms with E-state index in [1.807, 2.05) is 36.4 Å². The third-order valence-electron chi connectivity index (χ3n) is 2.46. The molecule has 1 aromatic carbocycles. The summed E-state index contributed by atoms with van der Waals surface area (Å²) < 4.78 is 0. The second-order valence-corrected chi connectivity index (χ2v) is 3.58. The number of aromatic amines is 1. The van der Waals surface area contributed by atoms with Gasteiger partial charge in [-0.3, -0.25) is 0 Å². The van der Waals surface area contributed by atoms with Crippen LogP contribution in [0.4, 0.5) is 5.95 Å². The van der Waals surface area contributed by atoms with Crippen LogP contribution in [0.25, 0.3) is 22.3 Å². The lowest BCUT2D eigenvalue weighted by Crippen LogP contribution is -1.84. The predicted molar refractivity (Wildman–Crippen MR) is 63.7 cm³/mol. The van der Waals surface area contributed by atoms with Crippen molar-refractivity contribution in [3.8, 4) is 11.1 Å². The molecule has 3 N–H and O–H groups in total. The zero-order chi connectivity index (χ0) is 11.0. The molecule has 4 heteroatoms. The number of nitrogens with zero attached hydrogens (tertiary/aromatic N) is 2. The molecule has 0 spiro atoms. The summed E-state index contributed by atoms with van der Waals surface area (Å²) in [4.78, 5) is 11.3. The quantitative estimate of drug-likeness (QED) is 0.647. The number of anilines is 1. The lowest BCUT2D eigenvalue weighted by molar-refractivity contribution is 1.31. The van der Waals surface area contributed by atoms with Crippen LogP contribution in [-0.4, -0.2) is 15.0 Å². The van der Waals surface area contributed by atoms with E-state index in [1.54, 1.807) is 6.20 Å². The van der Waals surface area contributed by atoms with E-state index >= 15 is 0 Å². The second kappa shape index (κ2) is 3.34. The highest BCUT2D eigenvalue weighted by Crippen LogP contribution is 2.21. The highest BCUT2D eigenvalue weighted by Gasteiger charge is 2.03. The van der Waals surface area contributed by atoms with E-state index in [-0.39, 0.29) is 0 Å². The maximum absolute atomic E-state index is 5.57. The number of H-pyrrole nitrogens is 1. The summed E-state index contributed by atoms with van der Waals surface area (Å²) in [6, 6.07) is 12.1. The topological polar surface area (TPSA) is 67.6 Å². The molecule has 0 unspecified atom stereocenters. The Labute approximate surface area is 92.2 Å². The van der Waals surface area contributed by atoms with Crippen LogP contribution in [-0.2, 0) is 0 Å². The molecule has 78 valence electrons. The van der Waals surface area contributed by atoms with E-state index in [0.29, 0.717) is 11.6 Å². The summed E-state index contributed by atoms with van der Waals surface area (Å²) in [6.07, 6.45) is 1.80. The van der Waals surface area contributed by atoms with Crippen molar-refractivity contribution in [1.29, 1.82) is 0 Å². The smallest absolute Gasteiger partial charge is 0.200 e. The Kier molecular flexibility index (Phi) is 1.86. The molecular formula is C12H10N4. The number of nitrogens with one attached hydrogen (secondary N) is 1. The molecule has 3 rings (SSSR count). The van der Waals surface area contributed by atoms with E-state index in [1.165, 1.54) is 0 Å². The minimum Gasteiger partial charge on any atom is -0.369 e. The van der Waals surface area contributed by atoms with E-state index in [2.05, 4.69) is 15.0 Å². The number of imidazole rings is 1. The van der Waals surface area contributed by atoms with Crippen molar-refractivity contribution in [2.75, 3.05) is 5.73 Å². The highest BCUT2D eigenvalue weighted by molar-refractivity contribution is 5.79. The van der Waals surface area contributed by atoms with Gasteiger partial charge in [0.1, 0.15) is 0 Å². The number of benzene rings is 1. The number of nitrogen functional groups attached to an aromatic ring is 1. The fourth-order valence-electron chi connectivity index (χ4n) is 1.71. The van der Waals surface area contributed by atoms with Gasteiger partial charge >= 0.3 is 0 Å². The van der Waals surface area contributed by atoms with Gasteiger partial charge in [0.05, 0.1) is 5.52 Å². The van der Waals surface area contributed by atoms with Crippen LogP contribution < -0.4 is 5.73 Å². The molecule has 0 aliphatic heterocycles. The number of aromatic nitrogens is 3. The summed E-state index contributed by atoms with van der Waals surface area (Å²) in [7, 11) is 0. The van der Waals surface area contributed by atoms with Gasteiger partial charge in [-0.15, -0.1) is 0 Å². The SMILES string of the molecule is Nc1nc2ncc(-c3ccccc3)cc2[nH]1. The van der Waals surface area contributed by atoms with Crippen LogP contribution in [0.1, 0.15) is 0 Å². The van der Waals surface area contributed by atoms with Crippen molar-refractivity contribution in [2.24, 2.45) is 0 Å². The summed E-state index contributed by atoms with van der Waals surface area (Å²) in [6.45, 7) is 0. The lowest BCUT2D eigenvalue weighted by atomic mass is 10.1. The number of rotatable bonds is 1. The van der Waals surface area contributed by atoms with Crippen molar-refractivity contribution in [1.82, 2.24) is 15.0 Å². The van der Waals surface area contributed by atoms with Gasteiger partial charge in [-0.25, -0.2) is 4.98 Å². The Morgan fingerprint density at radius 2 is 1.88 bits per heavy atom. The van der Waals surface area contributed by atoms with Gasteiger partial charge in [0, 0.05) is 11.8 Å². The molecule has 0 saturated heterocycles. The number of nitrogens with two attached hydrogens (primary N) is 1. The molecule has 2 aromatic heterocycles. The van der Waals surface area contributed by atoms with Gasteiger partial charge in [-0.1, -0.05) is 30.3 Å². The number of fused-ring (bicyclic) bond motifs is 1. The monoisotopic (exact) mass is 210 g/mol. The van der Waals surface area contributed by atoms with Crippen LogP contribution in [0.3, 0.4) is 0 Å². The molecule has 0 amide bonds. The Morgan fingerprint density at radius 1 is 1.06 bits per heavy atom. The van der Waals surface area contributed by atoms with Crippen LogP contribution in [0.5, 0.6) is 0 Å². The van der Waals surface area contributed by atoms with E-state index in [4.69, 9.17) is 5.73 Å². The van der Waals surface area contributed by atoms with Gasteiger partial charge in [-0.05, 0) is 11.6 Å². The molecule has 2 heterocycles. The molecule has 0 saturated carbocycles. The minimum atomic E-state index is 0.396. The van der Waals surface area contributed by atoms with Gasteiger partial charge in [0.2, 0.25) is 0 Å². The van der Waals surface area contributed by atoms with Crippen molar-refractivity contribution >= 4 is 17.1 Å². The first-order valence-corrected chi connectivity index (χ1v) is 4.99. The first-order valence-electron chi connectivity index (χ1n) is 4.99. The van der Waals surface area contributed by atoms with Gasteiger partial charge in [0.15, 0.2) is 11.6 Å². The summed E-state index contributed by atoms with van der Waals surface area (Å²) in [5.41, 5.74) is 9.27. The largest absolute Gasteiger partial charge is 0.369 e. The Balaban J connectivity index is 2.18. The fourth-order valence-corrected chi connectivity index (χ4v) is 1.71. The van der Waals surface area contributed by atoms with Gasteiger partial charge in [0.25, 0.3) is 0 Å². The van der Waals surface area contributed by atoms with Crippen LogP contribution in [0.15, 0.2) is 42.6 Å². The zero-order valence-corrected chi connectivity index (χ0v) is 8.51. The summed E-state index contributed by atoms with van der Waals surface area (Å²) >= 11 is 0. The molecule has 0 atom stereocenters. The third kappa shape index (κ3) is 1.40. The van der Waals surface area contributed by atoms with Crippen molar-refractivity contribution in [3.05, 3.63) is 42.6 Å². The van der Waals surface area contributed by atoms with Crippen molar-refractivity contribution in [2.45, 2.75) is 0 Å². The Morgan fingerprint density at radius 3 is 2.69 bits per heavy atom. The molecule has 0 fully saturated rings. The van der Waals surface area contributed by atoms with Gasteiger partial charge < -0.3 is 10.7 Å². The number of hydrogen-bond acceptors (Lipinski definition) is 3. The number of hydrogen-bond donors (Lipinski definition) is 2. The zero-order valence-electron chi connectivity index (χ0n) is 8.51. The normalized spacial score (nSPS) is 10.8. The molecule has 16 heavy (non-hydrogen) atoms. The molecule has 0 aliphatic rings. The maximum atomic E-state index is 5.57. The van der Waals surface area contributed by atoms with Crippen LogP contribution in [0.2, 0.25) is 0 Å².